The number of nitrogens with zero attached hydrogens (tertiary/aromatic N) is 2. The normalized spacial score (nSPS) is 29.5. The fourth-order valence-corrected chi connectivity index (χ4v) is 1.35. The molecule has 1 fully saturated rings. The Kier molecular flexibility index (Phi) is 2.36. The summed E-state index contributed by atoms with van der Waals surface area (Å²) >= 11 is 0. The van der Waals surface area contributed by atoms with Gasteiger partial charge in [0.15, 0.2) is 0 Å². The molecule has 5 heteroatoms. The number of carbonyl (C=O) groups is 3. The van der Waals surface area contributed by atoms with Crippen LogP contribution in [0, 0.1) is 5.92 Å². The van der Waals surface area contributed by atoms with Crippen LogP contribution in [0.3, 0.4) is 0 Å². The molecular weight excluding hydrogens is 172 g/mol. The number of rotatable bonds is 1. The van der Waals surface area contributed by atoms with E-state index in [4.69, 9.17) is 0 Å². The molecule has 1 aliphatic heterocycles. The number of urea groups is 1. The molecule has 3 amide bonds. The van der Waals surface area contributed by atoms with Crippen molar-refractivity contribution in [3.05, 3.63) is 0 Å². The molecule has 1 aliphatic rings. The Morgan fingerprint density at radius 2 is 1.85 bits per heavy atom. The van der Waals surface area contributed by atoms with Crippen molar-refractivity contribution in [1.82, 2.24) is 9.80 Å². The predicted molar refractivity (Wildman–Crippen MR) is 44.9 cm³/mol. The van der Waals surface area contributed by atoms with E-state index in [1.54, 1.807) is 14.0 Å². The number of imide groups is 1. The van der Waals surface area contributed by atoms with Crippen LogP contribution < -0.4 is 0 Å². The molecule has 0 radical (unpaired) electrons. The van der Waals surface area contributed by atoms with Crippen molar-refractivity contribution in [1.29, 1.82) is 0 Å². The summed E-state index contributed by atoms with van der Waals surface area (Å²) in [6, 6.07) is -0.718. The zero-order chi connectivity index (χ0) is 10.2. The third-order valence-corrected chi connectivity index (χ3v) is 2.48. The Morgan fingerprint density at radius 1 is 1.31 bits per heavy atom. The van der Waals surface area contributed by atoms with Crippen LogP contribution in [0.4, 0.5) is 4.79 Å². The molecule has 0 spiro atoms. The highest BCUT2D eigenvalue weighted by Gasteiger charge is 2.40. The third-order valence-electron chi connectivity index (χ3n) is 2.48. The van der Waals surface area contributed by atoms with Gasteiger partial charge in [0, 0.05) is 20.1 Å². The van der Waals surface area contributed by atoms with Crippen molar-refractivity contribution in [3.8, 4) is 0 Å². The smallest absolute Gasteiger partial charge is 0.323 e. The topological polar surface area (TPSA) is 57.7 Å². The Labute approximate surface area is 76.3 Å². The molecule has 2 atom stereocenters. The monoisotopic (exact) mass is 184 g/mol. The van der Waals surface area contributed by atoms with Crippen molar-refractivity contribution in [3.63, 3.8) is 0 Å². The van der Waals surface area contributed by atoms with Crippen LogP contribution in [-0.4, -0.2) is 48.2 Å². The maximum atomic E-state index is 11.4. The van der Waals surface area contributed by atoms with Gasteiger partial charge in [-0.1, -0.05) is 0 Å². The SMILES string of the molecule is CC1C(C=O)C(=O)N(C)C(=O)N1C. The van der Waals surface area contributed by atoms with E-state index < -0.39 is 11.8 Å². The molecule has 2 unspecified atom stereocenters. The van der Waals surface area contributed by atoms with Gasteiger partial charge in [-0.25, -0.2) is 4.79 Å². The van der Waals surface area contributed by atoms with Gasteiger partial charge < -0.3 is 9.69 Å². The zero-order valence-corrected chi connectivity index (χ0v) is 7.85. The third kappa shape index (κ3) is 1.30. The van der Waals surface area contributed by atoms with Gasteiger partial charge >= 0.3 is 6.03 Å². The fraction of sp³-hybridized carbons (Fsp3) is 0.625. The first kappa shape index (κ1) is 9.70. The van der Waals surface area contributed by atoms with Gasteiger partial charge in [-0.3, -0.25) is 9.69 Å². The molecule has 0 N–H and O–H groups in total. The second-order valence-electron chi connectivity index (χ2n) is 3.19. The highest BCUT2D eigenvalue weighted by Crippen LogP contribution is 2.18. The van der Waals surface area contributed by atoms with Crippen molar-refractivity contribution < 1.29 is 14.4 Å². The molecule has 5 nitrogen and oxygen atoms in total. The lowest BCUT2D eigenvalue weighted by Gasteiger charge is -2.37. The summed E-state index contributed by atoms with van der Waals surface area (Å²) in [4.78, 5) is 35.6. The zero-order valence-electron chi connectivity index (χ0n) is 7.85. The van der Waals surface area contributed by atoms with Crippen molar-refractivity contribution in [2.45, 2.75) is 13.0 Å². The van der Waals surface area contributed by atoms with Crippen LogP contribution in [-0.2, 0) is 9.59 Å². The highest BCUT2D eigenvalue weighted by molar-refractivity contribution is 6.04. The second kappa shape index (κ2) is 3.16. The molecule has 0 aromatic rings. The van der Waals surface area contributed by atoms with E-state index >= 15 is 0 Å². The summed E-state index contributed by atoms with van der Waals surface area (Å²) in [7, 11) is 2.95. The van der Waals surface area contributed by atoms with Crippen molar-refractivity contribution in [2.24, 2.45) is 5.92 Å². The quantitative estimate of drug-likeness (QED) is 0.416. The first-order chi connectivity index (χ1) is 6.00. The van der Waals surface area contributed by atoms with Crippen LogP contribution >= 0.6 is 0 Å². The molecule has 0 saturated carbocycles. The molecular formula is C8H12N2O3. The largest absolute Gasteiger partial charge is 0.326 e. The summed E-state index contributed by atoms with van der Waals surface area (Å²) in [6.07, 6.45) is 0.590. The number of aldehydes is 1. The van der Waals surface area contributed by atoms with Gasteiger partial charge in [-0.15, -0.1) is 0 Å². The number of carbonyl (C=O) groups excluding carboxylic acids is 3. The molecule has 1 rings (SSSR count). The molecule has 0 aromatic heterocycles. The van der Waals surface area contributed by atoms with Crippen LogP contribution in [0.5, 0.6) is 0 Å². The van der Waals surface area contributed by atoms with E-state index in [0.717, 1.165) is 4.90 Å². The lowest BCUT2D eigenvalue weighted by atomic mass is 9.98. The highest BCUT2D eigenvalue weighted by atomic mass is 16.2. The van der Waals surface area contributed by atoms with E-state index in [-0.39, 0.29) is 12.1 Å². The molecule has 1 saturated heterocycles. The molecule has 13 heavy (non-hydrogen) atoms. The Balaban J connectivity index is 2.98. The molecule has 0 aromatic carbocycles. The summed E-state index contributed by atoms with van der Waals surface area (Å²) in [5.74, 6) is -1.15. The Hall–Kier alpha value is -1.39. The maximum Gasteiger partial charge on any atom is 0.326 e. The lowest BCUT2D eigenvalue weighted by molar-refractivity contribution is -0.139. The lowest BCUT2D eigenvalue weighted by Crippen LogP contribution is -2.58. The van der Waals surface area contributed by atoms with Crippen LogP contribution in [0.15, 0.2) is 0 Å². The molecule has 0 bridgehead atoms. The van der Waals surface area contributed by atoms with Gasteiger partial charge in [-0.05, 0) is 6.92 Å². The molecule has 72 valence electrons. The summed E-state index contributed by atoms with van der Waals surface area (Å²) < 4.78 is 0. The van der Waals surface area contributed by atoms with Gasteiger partial charge in [0.25, 0.3) is 0 Å². The first-order valence-corrected chi connectivity index (χ1v) is 4.00. The van der Waals surface area contributed by atoms with E-state index in [0.29, 0.717) is 6.29 Å². The minimum Gasteiger partial charge on any atom is -0.323 e. The molecule has 1 heterocycles. The second-order valence-corrected chi connectivity index (χ2v) is 3.19. The van der Waals surface area contributed by atoms with Crippen molar-refractivity contribution >= 4 is 18.2 Å². The summed E-state index contributed by atoms with van der Waals surface area (Å²) in [5.41, 5.74) is 0. The Morgan fingerprint density at radius 3 is 2.31 bits per heavy atom. The number of hydrogen-bond acceptors (Lipinski definition) is 3. The number of amides is 3. The van der Waals surface area contributed by atoms with Gasteiger partial charge in [-0.2, -0.15) is 0 Å². The van der Waals surface area contributed by atoms with Gasteiger partial charge in [0.2, 0.25) is 5.91 Å². The van der Waals surface area contributed by atoms with Gasteiger partial charge in [0.05, 0.1) is 0 Å². The maximum absolute atomic E-state index is 11.4. The van der Waals surface area contributed by atoms with E-state index in [2.05, 4.69) is 0 Å². The van der Waals surface area contributed by atoms with Crippen LogP contribution in [0.1, 0.15) is 6.92 Å². The van der Waals surface area contributed by atoms with E-state index in [1.165, 1.54) is 11.9 Å². The minimum atomic E-state index is -0.729. The standard InChI is InChI=1S/C8H12N2O3/c1-5-6(4-11)7(12)10(3)8(13)9(5)2/h4-6H,1-3H3. The summed E-state index contributed by atoms with van der Waals surface area (Å²) in [5, 5.41) is 0. The van der Waals surface area contributed by atoms with E-state index in [1.807, 2.05) is 0 Å². The van der Waals surface area contributed by atoms with Crippen LogP contribution in [0.2, 0.25) is 0 Å². The minimum absolute atomic E-state index is 0.353. The molecule has 0 aliphatic carbocycles. The summed E-state index contributed by atoms with van der Waals surface area (Å²) in [6.45, 7) is 1.68. The average Bonchev–Trinajstić information content (AvgIpc) is 2.13. The first-order valence-electron chi connectivity index (χ1n) is 4.00. The number of hydrogen-bond donors (Lipinski definition) is 0. The van der Waals surface area contributed by atoms with Gasteiger partial charge in [0.1, 0.15) is 12.2 Å². The average molecular weight is 184 g/mol. The fourth-order valence-electron chi connectivity index (χ4n) is 1.35. The van der Waals surface area contributed by atoms with E-state index in [9.17, 15) is 14.4 Å². The Bertz CT molecular complexity index is 264. The van der Waals surface area contributed by atoms with Crippen molar-refractivity contribution in [2.75, 3.05) is 14.1 Å². The van der Waals surface area contributed by atoms with Crippen LogP contribution in [0.25, 0.3) is 0 Å². The predicted octanol–water partition coefficient (Wildman–Crippen LogP) is -0.286.